The molecule has 0 spiro atoms. The van der Waals surface area contributed by atoms with Crippen molar-refractivity contribution in [1.29, 1.82) is 0 Å². The molecule has 1 aromatic heterocycles. The minimum atomic E-state index is -0.126. The van der Waals surface area contributed by atoms with E-state index in [1.165, 1.54) is 16.2 Å². The third kappa shape index (κ3) is 4.85. The first-order chi connectivity index (χ1) is 8.65. The highest BCUT2D eigenvalue weighted by atomic mass is 32.1. The normalized spacial score (nSPS) is 10.1. The van der Waals surface area contributed by atoms with E-state index in [1.54, 1.807) is 13.1 Å². The van der Waals surface area contributed by atoms with Gasteiger partial charge in [-0.25, -0.2) is 0 Å². The van der Waals surface area contributed by atoms with Crippen LogP contribution in [0.4, 0.5) is 0 Å². The highest BCUT2D eigenvalue weighted by Gasteiger charge is 2.15. The van der Waals surface area contributed by atoms with Crippen LogP contribution in [-0.2, 0) is 4.79 Å². The first-order valence-corrected chi connectivity index (χ1v) is 6.73. The highest BCUT2D eigenvalue weighted by molar-refractivity contribution is 7.12. The molecule has 18 heavy (non-hydrogen) atoms. The Kier molecular flexibility index (Phi) is 6.38. The third-order valence-electron chi connectivity index (χ3n) is 2.39. The van der Waals surface area contributed by atoms with Crippen LogP contribution < -0.4 is 10.6 Å². The molecule has 0 atom stereocenters. The summed E-state index contributed by atoms with van der Waals surface area (Å²) in [5.74, 6) is -0.242. The summed E-state index contributed by atoms with van der Waals surface area (Å²) in [6.45, 7) is 1.58. The van der Waals surface area contributed by atoms with E-state index < -0.39 is 0 Å². The van der Waals surface area contributed by atoms with Crippen molar-refractivity contribution in [2.75, 3.05) is 33.7 Å². The number of thiophene rings is 1. The van der Waals surface area contributed by atoms with Gasteiger partial charge in [0.05, 0.1) is 11.4 Å². The van der Waals surface area contributed by atoms with Gasteiger partial charge < -0.3 is 15.5 Å². The van der Waals surface area contributed by atoms with Crippen molar-refractivity contribution in [2.45, 2.75) is 6.42 Å². The van der Waals surface area contributed by atoms with E-state index in [2.05, 4.69) is 10.6 Å². The predicted octanol–water partition coefficient (Wildman–Crippen LogP) is 0.546. The van der Waals surface area contributed by atoms with E-state index in [0.29, 0.717) is 11.4 Å². The second kappa shape index (κ2) is 7.84. The van der Waals surface area contributed by atoms with Crippen LogP contribution in [0.3, 0.4) is 0 Å². The molecule has 0 aliphatic carbocycles. The first kappa shape index (κ1) is 14.7. The van der Waals surface area contributed by atoms with Crippen LogP contribution in [0, 0.1) is 0 Å². The van der Waals surface area contributed by atoms with Gasteiger partial charge in [-0.3, -0.25) is 9.59 Å². The molecule has 1 heterocycles. The number of nitrogens with one attached hydrogen (secondary N) is 2. The number of nitrogens with zero attached hydrogens (tertiary/aromatic N) is 1. The summed E-state index contributed by atoms with van der Waals surface area (Å²) in [5, 5.41) is 7.63. The molecule has 1 rings (SSSR count). The predicted molar refractivity (Wildman–Crippen MR) is 72.8 cm³/mol. The Morgan fingerprint density at radius 1 is 1.39 bits per heavy atom. The van der Waals surface area contributed by atoms with Crippen molar-refractivity contribution < 1.29 is 9.59 Å². The van der Waals surface area contributed by atoms with Crippen LogP contribution in [0.25, 0.3) is 0 Å². The molecule has 0 aliphatic heterocycles. The van der Waals surface area contributed by atoms with E-state index in [4.69, 9.17) is 0 Å². The summed E-state index contributed by atoms with van der Waals surface area (Å²) in [6.07, 6.45) is 0.880. The van der Waals surface area contributed by atoms with Crippen molar-refractivity contribution in [2.24, 2.45) is 0 Å². The summed E-state index contributed by atoms with van der Waals surface area (Å²) in [4.78, 5) is 25.5. The summed E-state index contributed by atoms with van der Waals surface area (Å²) in [7, 11) is 3.50. The minimum absolute atomic E-state index is 0.0935. The number of rotatable bonds is 7. The molecule has 2 amide bonds. The van der Waals surface area contributed by atoms with E-state index in [1.807, 2.05) is 18.5 Å². The van der Waals surface area contributed by atoms with Gasteiger partial charge in [-0.2, -0.15) is 0 Å². The molecule has 0 unspecified atom stereocenters. The molecule has 6 heteroatoms. The maximum atomic E-state index is 11.9. The van der Waals surface area contributed by atoms with E-state index in [0.717, 1.165) is 13.0 Å². The number of hydrogen-bond donors (Lipinski definition) is 2. The zero-order valence-electron chi connectivity index (χ0n) is 10.7. The Bertz CT molecular complexity index is 379. The first-order valence-electron chi connectivity index (χ1n) is 5.85. The fourth-order valence-electron chi connectivity index (χ4n) is 1.42. The van der Waals surface area contributed by atoms with E-state index in [9.17, 15) is 9.59 Å². The number of hydrogen-bond acceptors (Lipinski definition) is 4. The Morgan fingerprint density at radius 3 is 2.78 bits per heavy atom. The highest BCUT2D eigenvalue weighted by Crippen LogP contribution is 2.10. The lowest BCUT2D eigenvalue weighted by molar-refractivity contribution is -0.121. The quantitative estimate of drug-likeness (QED) is 0.711. The standard InChI is InChI=1S/C12H19N3O2S/c1-13-6-4-7-14-11(16)9-15(2)12(17)10-5-3-8-18-10/h3,5,8,13H,4,6-7,9H2,1-2H3,(H,14,16). The van der Waals surface area contributed by atoms with Gasteiger partial charge in [0.25, 0.3) is 5.91 Å². The average Bonchev–Trinajstić information content (AvgIpc) is 2.87. The Morgan fingerprint density at radius 2 is 2.17 bits per heavy atom. The molecule has 0 saturated carbocycles. The molecule has 0 fully saturated rings. The molecule has 0 saturated heterocycles. The molecule has 1 aromatic rings. The zero-order chi connectivity index (χ0) is 13.4. The lowest BCUT2D eigenvalue weighted by Gasteiger charge is -2.15. The molecule has 0 radical (unpaired) electrons. The maximum Gasteiger partial charge on any atom is 0.264 e. The van der Waals surface area contributed by atoms with Gasteiger partial charge in [-0.05, 0) is 31.5 Å². The third-order valence-corrected chi connectivity index (χ3v) is 3.24. The smallest absolute Gasteiger partial charge is 0.264 e. The summed E-state index contributed by atoms with van der Waals surface area (Å²) >= 11 is 1.38. The SMILES string of the molecule is CNCCCNC(=O)CN(C)C(=O)c1cccs1. The van der Waals surface area contributed by atoms with Crippen LogP contribution in [0.2, 0.25) is 0 Å². The van der Waals surface area contributed by atoms with Crippen molar-refractivity contribution in [1.82, 2.24) is 15.5 Å². The van der Waals surface area contributed by atoms with Crippen molar-refractivity contribution in [3.63, 3.8) is 0 Å². The molecule has 0 bridgehead atoms. The molecule has 0 aromatic carbocycles. The van der Waals surface area contributed by atoms with Gasteiger partial charge in [-0.15, -0.1) is 11.3 Å². The van der Waals surface area contributed by atoms with Gasteiger partial charge >= 0.3 is 0 Å². The van der Waals surface area contributed by atoms with Gasteiger partial charge in [0.2, 0.25) is 5.91 Å². The lowest BCUT2D eigenvalue weighted by Crippen LogP contribution is -2.38. The lowest BCUT2D eigenvalue weighted by atomic mass is 10.4. The number of likely N-dealkylation sites (N-methyl/N-ethyl adjacent to an activating group) is 1. The summed E-state index contributed by atoms with van der Waals surface area (Å²) in [6, 6.07) is 3.58. The molecule has 2 N–H and O–H groups in total. The number of amides is 2. The Balaban J connectivity index is 2.29. The molecule has 5 nitrogen and oxygen atoms in total. The second-order valence-electron chi connectivity index (χ2n) is 3.95. The summed E-state index contributed by atoms with van der Waals surface area (Å²) < 4.78 is 0. The van der Waals surface area contributed by atoms with Crippen LogP contribution in [0.5, 0.6) is 0 Å². The van der Waals surface area contributed by atoms with Gasteiger partial charge in [0.1, 0.15) is 0 Å². The zero-order valence-corrected chi connectivity index (χ0v) is 11.5. The van der Waals surface area contributed by atoms with Gasteiger partial charge in [0.15, 0.2) is 0 Å². The number of carbonyl (C=O) groups is 2. The molecule has 100 valence electrons. The molecule has 0 aliphatic rings. The van der Waals surface area contributed by atoms with Gasteiger partial charge in [0, 0.05) is 13.6 Å². The largest absolute Gasteiger partial charge is 0.355 e. The maximum absolute atomic E-state index is 11.9. The molecular formula is C12H19N3O2S. The summed E-state index contributed by atoms with van der Waals surface area (Å²) in [5.41, 5.74) is 0. The van der Waals surface area contributed by atoms with Gasteiger partial charge in [-0.1, -0.05) is 6.07 Å². The van der Waals surface area contributed by atoms with Crippen LogP contribution in [0.15, 0.2) is 17.5 Å². The number of carbonyl (C=O) groups excluding carboxylic acids is 2. The Labute approximate surface area is 111 Å². The van der Waals surface area contributed by atoms with Crippen LogP contribution in [0.1, 0.15) is 16.1 Å². The monoisotopic (exact) mass is 269 g/mol. The fraction of sp³-hybridized carbons (Fsp3) is 0.500. The van der Waals surface area contributed by atoms with Crippen molar-refractivity contribution >= 4 is 23.2 Å². The van der Waals surface area contributed by atoms with Crippen molar-refractivity contribution in [3.8, 4) is 0 Å². The molecular weight excluding hydrogens is 250 g/mol. The topological polar surface area (TPSA) is 61.4 Å². The Hall–Kier alpha value is -1.40. The fourth-order valence-corrected chi connectivity index (χ4v) is 2.14. The second-order valence-corrected chi connectivity index (χ2v) is 4.89. The van der Waals surface area contributed by atoms with E-state index in [-0.39, 0.29) is 18.4 Å². The van der Waals surface area contributed by atoms with Crippen LogP contribution in [-0.4, -0.2) is 50.4 Å². The van der Waals surface area contributed by atoms with E-state index >= 15 is 0 Å². The van der Waals surface area contributed by atoms with Crippen LogP contribution >= 0.6 is 11.3 Å². The minimum Gasteiger partial charge on any atom is -0.355 e. The average molecular weight is 269 g/mol. The van der Waals surface area contributed by atoms with Crippen molar-refractivity contribution in [3.05, 3.63) is 22.4 Å².